The first-order valence-corrected chi connectivity index (χ1v) is 8.05. The first-order valence-electron chi connectivity index (χ1n) is 5.73. The number of nitrogens with zero attached hydrogens (tertiary/aromatic N) is 1. The summed E-state index contributed by atoms with van der Waals surface area (Å²) in [7, 11) is -3.30. The van der Waals surface area contributed by atoms with Crippen molar-refractivity contribution < 1.29 is 13.5 Å². The van der Waals surface area contributed by atoms with Gasteiger partial charge in [0, 0.05) is 13.1 Å². The summed E-state index contributed by atoms with van der Waals surface area (Å²) in [6.07, 6.45) is 1.13. The van der Waals surface area contributed by atoms with Crippen LogP contribution in [0.2, 0.25) is 0 Å². The fraction of sp³-hybridized carbons (Fsp3) is 0.636. The maximum Gasteiger partial charge on any atom is 0.252 e. The fourth-order valence-electron chi connectivity index (χ4n) is 2.14. The van der Waals surface area contributed by atoms with Crippen molar-refractivity contribution >= 4 is 21.4 Å². The molecule has 96 valence electrons. The van der Waals surface area contributed by atoms with Crippen molar-refractivity contribution in [3.8, 4) is 0 Å². The molecule has 1 fully saturated rings. The third-order valence-corrected chi connectivity index (χ3v) is 6.54. The molecule has 1 unspecified atom stereocenters. The Kier molecular flexibility index (Phi) is 3.87. The number of thiophene rings is 1. The van der Waals surface area contributed by atoms with E-state index >= 15 is 0 Å². The number of rotatable bonds is 3. The van der Waals surface area contributed by atoms with Gasteiger partial charge < -0.3 is 5.11 Å². The Labute approximate surface area is 106 Å². The largest absolute Gasteiger partial charge is 0.393 e. The monoisotopic (exact) mass is 275 g/mol. The lowest BCUT2D eigenvalue weighted by molar-refractivity contribution is 0.0912. The number of hydrogen-bond donors (Lipinski definition) is 1. The van der Waals surface area contributed by atoms with E-state index < -0.39 is 10.0 Å². The van der Waals surface area contributed by atoms with E-state index in [1.807, 2.05) is 0 Å². The normalized spacial score (nSPS) is 21.5. The average molecular weight is 275 g/mol. The van der Waals surface area contributed by atoms with Crippen LogP contribution in [0.25, 0.3) is 0 Å². The van der Waals surface area contributed by atoms with Crippen LogP contribution in [0.4, 0.5) is 0 Å². The molecular weight excluding hydrogens is 258 g/mol. The van der Waals surface area contributed by atoms with Crippen LogP contribution in [-0.4, -0.2) is 37.0 Å². The number of sulfonamides is 1. The van der Waals surface area contributed by atoms with Gasteiger partial charge >= 0.3 is 0 Å². The van der Waals surface area contributed by atoms with Crippen molar-refractivity contribution in [1.82, 2.24) is 4.31 Å². The minimum atomic E-state index is -3.30. The van der Waals surface area contributed by atoms with Crippen LogP contribution < -0.4 is 0 Å². The van der Waals surface area contributed by atoms with Gasteiger partial charge in [-0.2, -0.15) is 4.31 Å². The minimum absolute atomic E-state index is 0.227. The molecule has 0 aliphatic carbocycles. The highest BCUT2D eigenvalue weighted by Crippen LogP contribution is 2.27. The van der Waals surface area contributed by atoms with E-state index in [9.17, 15) is 13.5 Å². The topological polar surface area (TPSA) is 57.6 Å². The standard InChI is InChI=1S/C11H17NO3S2/c1-9(13)10-4-6-12(7-5-10)17(14,15)11-3-2-8-16-11/h2-3,8-10,13H,4-7H2,1H3. The number of piperidine rings is 1. The highest BCUT2D eigenvalue weighted by Gasteiger charge is 2.31. The molecule has 0 spiro atoms. The highest BCUT2D eigenvalue weighted by atomic mass is 32.2. The van der Waals surface area contributed by atoms with Crippen molar-refractivity contribution in [1.29, 1.82) is 0 Å². The average Bonchev–Trinajstić information content (AvgIpc) is 2.83. The molecule has 1 saturated heterocycles. The van der Waals surface area contributed by atoms with Crippen molar-refractivity contribution in [3.05, 3.63) is 17.5 Å². The summed E-state index contributed by atoms with van der Waals surface area (Å²) >= 11 is 1.25. The molecule has 0 saturated carbocycles. The van der Waals surface area contributed by atoms with Gasteiger partial charge in [0.15, 0.2) is 0 Å². The van der Waals surface area contributed by atoms with E-state index in [1.54, 1.807) is 24.4 Å². The quantitative estimate of drug-likeness (QED) is 0.910. The van der Waals surface area contributed by atoms with Gasteiger partial charge in [-0.25, -0.2) is 8.42 Å². The van der Waals surface area contributed by atoms with Crippen LogP contribution in [-0.2, 0) is 10.0 Å². The van der Waals surface area contributed by atoms with Crippen LogP contribution in [0, 0.1) is 5.92 Å². The molecule has 0 amide bonds. The summed E-state index contributed by atoms with van der Waals surface area (Å²) in [6, 6.07) is 3.39. The van der Waals surface area contributed by atoms with Crippen molar-refractivity contribution in [2.24, 2.45) is 5.92 Å². The van der Waals surface area contributed by atoms with E-state index in [2.05, 4.69) is 0 Å². The Balaban J connectivity index is 2.07. The predicted octanol–water partition coefficient (Wildman–Crippen LogP) is 1.53. The van der Waals surface area contributed by atoms with Gasteiger partial charge in [-0.3, -0.25) is 0 Å². The summed E-state index contributed by atoms with van der Waals surface area (Å²) in [5.74, 6) is 0.227. The molecule has 1 atom stereocenters. The Bertz CT molecular complexity index is 445. The van der Waals surface area contributed by atoms with Gasteiger partial charge in [-0.15, -0.1) is 11.3 Å². The van der Waals surface area contributed by atoms with Crippen LogP contribution in [0.15, 0.2) is 21.7 Å². The van der Waals surface area contributed by atoms with Gasteiger partial charge in [-0.1, -0.05) is 6.07 Å². The molecule has 6 heteroatoms. The first-order chi connectivity index (χ1) is 8.01. The lowest BCUT2D eigenvalue weighted by Crippen LogP contribution is -2.40. The Morgan fingerprint density at radius 2 is 2.12 bits per heavy atom. The molecule has 1 aromatic heterocycles. The van der Waals surface area contributed by atoms with Crippen molar-refractivity contribution in [3.63, 3.8) is 0 Å². The summed E-state index contributed by atoms with van der Waals surface area (Å²) in [5, 5.41) is 11.3. The predicted molar refractivity (Wildman–Crippen MR) is 67.5 cm³/mol. The van der Waals surface area contributed by atoms with Crippen molar-refractivity contribution in [2.45, 2.75) is 30.1 Å². The third kappa shape index (κ3) is 2.70. The second-order valence-corrected chi connectivity index (χ2v) is 7.53. The molecule has 2 heterocycles. The molecule has 4 nitrogen and oxygen atoms in total. The Hall–Kier alpha value is -0.430. The summed E-state index contributed by atoms with van der Waals surface area (Å²) in [4.78, 5) is 0. The molecule has 1 aliphatic rings. The zero-order valence-electron chi connectivity index (χ0n) is 9.74. The van der Waals surface area contributed by atoms with E-state index in [1.165, 1.54) is 15.6 Å². The minimum Gasteiger partial charge on any atom is -0.393 e. The second kappa shape index (κ2) is 5.06. The molecule has 1 aliphatic heterocycles. The molecule has 0 radical (unpaired) electrons. The van der Waals surface area contributed by atoms with Gasteiger partial charge in [0.1, 0.15) is 4.21 Å². The van der Waals surface area contributed by atoms with Gasteiger partial charge in [-0.05, 0) is 37.1 Å². The molecule has 0 aromatic carbocycles. The van der Waals surface area contributed by atoms with E-state index in [0.717, 1.165) is 12.8 Å². The van der Waals surface area contributed by atoms with Crippen LogP contribution >= 0.6 is 11.3 Å². The molecule has 1 aromatic rings. The maximum atomic E-state index is 12.2. The zero-order chi connectivity index (χ0) is 12.5. The van der Waals surface area contributed by atoms with Crippen LogP contribution in [0.1, 0.15) is 19.8 Å². The number of aliphatic hydroxyl groups is 1. The number of aliphatic hydroxyl groups excluding tert-OH is 1. The van der Waals surface area contributed by atoms with Crippen molar-refractivity contribution in [2.75, 3.05) is 13.1 Å². The molecule has 2 rings (SSSR count). The van der Waals surface area contributed by atoms with Gasteiger partial charge in [0.25, 0.3) is 10.0 Å². The maximum absolute atomic E-state index is 12.2. The molecular formula is C11H17NO3S2. The second-order valence-electron chi connectivity index (χ2n) is 4.41. The Morgan fingerprint density at radius 1 is 1.47 bits per heavy atom. The van der Waals surface area contributed by atoms with Crippen LogP contribution in [0.5, 0.6) is 0 Å². The van der Waals surface area contributed by atoms with E-state index in [4.69, 9.17) is 0 Å². The molecule has 0 bridgehead atoms. The summed E-state index contributed by atoms with van der Waals surface area (Å²) in [5.41, 5.74) is 0. The highest BCUT2D eigenvalue weighted by molar-refractivity contribution is 7.91. The smallest absolute Gasteiger partial charge is 0.252 e. The fourth-order valence-corrected chi connectivity index (χ4v) is 4.75. The summed E-state index contributed by atoms with van der Waals surface area (Å²) in [6.45, 7) is 2.79. The first kappa shape index (κ1) is 13.0. The molecule has 1 N–H and O–H groups in total. The molecule has 17 heavy (non-hydrogen) atoms. The van der Waals surface area contributed by atoms with E-state index in [-0.39, 0.29) is 12.0 Å². The van der Waals surface area contributed by atoms with E-state index in [0.29, 0.717) is 17.3 Å². The zero-order valence-corrected chi connectivity index (χ0v) is 11.4. The van der Waals surface area contributed by atoms with Gasteiger partial charge in [0.2, 0.25) is 0 Å². The Morgan fingerprint density at radius 3 is 2.59 bits per heavy atom. The SMILES string of the molecule is CC(O)C1CCN(S(=O)(=O)c2cccs2)CC1. The lowest BCUT2D eigenvalue weighted by atomic mass is 9.93. The third-order valence-electron chi connectivity index (χ3n) is 3.27. The summed E-state index contributed by atoms with van der Waals surface area (Å²) < 4.78 is 26.3. The van der Waals surface area contributed by atoms with Crippen LogP contribution in [0.3, 0.4) is 0 Å². The lowest BCUT2D eigenvalue weighted by Gasteiger charge is -2.32. The number of hydrogen-bond acceptors (Lipinski definition) is 4. The van der Waals surface area contributed by atoms with Gasteiger partial charge in [0.05, 0.1) is 6.10 Å².